The van der Waals surface area contributed by atoms with E-state index in [1.54, 1.807) is 6.07 Å². The minimum absolute atomic E-state index is 0.0240. The van der Waals surface area contributed by atoms with E-state index in [0.29, 0.717) is 22.3 Å². The molecule has 0 radical (unpaired) electrons. The molecule has 1 N–H and O–H groups in total. The summed E-state index contributed by atoms with van der Waals surface area (Å²) in [5.74, 6) is 2.32. The van der Waals surface area contributed by atoms with Gasteiger partial charge in [-0.15, -0.1) is 0 Å². The fraction of sp³-hybridized carbons (Fsp3) is 0.385. The molecule has 4 heteroatoms. The molecule has 1 amide bonds. The van der Waals surface area contributed by atoms with Crippen molar-refractivity contribution in [1.29, 1.82) is 0 Å². The fourth-order valence-electron chi connectivity index (χ4n) is 6.67. The van der Waals surface area contributed by atoms with Gasteiger partial charge in [-0.2, -0.15) is 0 Å². The monoisotopic (exact) mass is 399 g/mol. The smallest absolute Gasteiger partial charge is 0.344 e. The van der Waals surface area contributed by atoms with Gasteiger partial charge in [0.25, 0.3) is 5.91 Å². The number of para-hydroxylation sites is 1. The highest BCUT2D eigenvalue weighted by Crippen LogP contribution is 2.55. The largest absolute Gasteiger partial charge is 0.422 e. The third-order valence-electron chi connectivity index (χ3n) is 7.49. The maximum atomic E-state index is 13.2. The molecule has 4 aliphatic carbocycles. The van der Waals surface area contributed by atoms with E-state index >= 15 is 0 Å². The van der Waals surface area contributed by atoms with E-state index in [1.165, 1.54) is 19.3 Å². The first-order valence-corrected chi connectivity index (χ1v) is 11.0. The number of benzene rings is 2. The second kappa shape index (κ2) is 6.56. The molecule has 30 heavy (non-hydrogen) atoms. The van der Waals surface area contributed by atoms with Crippen LogP contribution < -0.4 is 10.9 Å². The molecule has 4 saturated carbocycles. The quantitative estimate of drug-likeness (QED) is 0.619. The number of amides is 1. The van der Waals surface area contributed by atoms with Crippen LogP contribution in [0.4, 0.5) is 0 Å². The average Bonchev–Trinajstić information content (AvgIpc) is 2.72. The summed E-state index contributed by atoms with van der Waals surface area (Å²) in [6.07, 6.45) is 7.42. The van der Waals surface area contributed by atoms with E-state index in [-0.39, 0.29) is 17.1 Å². The maximum absolute atomic E-state index is 13.2. The highest BCUT2D eigenvalue weighted by molar-refractivity contribution is 5.96. The van der Waals surface area contributed by atoms with Crippen LogP contribution in [0.25, 0.3) is 22.1 Å². The Labute approximate surface area is 175 Å². The Morgan fingerprint density at radius 2 is 1.60 bits per heavy atom. The molecule has 0 spiro atoms. The van der Waals surface area contributed by atoms with Crippen LogP contribution in [0.3, 0.4) is 0 Å². The molecule has 0 saturated heterocycles. The summed E-state index contributed by atoms with van der Waals surface area (Å²) in [6.45, 7) is 0. The van der Waals surface area contributed by atoms with Crippen LogP contribution in [-0.2, 0) is 0 Å². The van der Waals surface area contributed by atoms with Crippen molar-refractivity contribution in [2.75, 3.05) is 0 Å². The highest BCUT2D eigenvalue weighted by atomic mass is 16.4. The molecule has 7 rings (SSSR count). The highest BCUT2D eigenvalue weighted by Gasteiger charge is 2.51. The molecule has 4 bridgehead atoms. The van der Waals surface area contributed by atoms with E-state index < -0.39 is 0 Å². The minimum Gasteiger partial charge on any atom is -0.422 e. The van der Waals surface area contributed by atoms with Gasteiger partial charge in [-0.1, -0.05) is 30.3 Å². The van der Waals surface area contributed by atoms with Crippen molar-refractivity contribution in [1.82, 2.24) is 5.32 Å². The van der Waals surface area contributed by atoms with Gasteiger partial charge in [0.2, 0.25) is 0 Å². The van der Waals surface area contributed by atoms with Crippen LogP contribution in [0.15, 0.2) is 63.8 Å². The zero-order chi connectivity index (χ0) is 20.3. The molecule has 0 aliphatic heterocycles. The van der Waals surface area contributed by atoms with Gasteiger partial charge in [-0.3, -0.25) is 4.79 Å². The number of hydrogen-bond acceptors (Lipinski definition) is 3. The first kappa shape index (κ1) is 17.9. The van der Waals surface area contributed by atoms with Crippen molar-refractivity contribution < 1.29 is 9.21 Å². The van der Waals surface area contributed by atoms with E-state index in [0.717, 1.165) is 42.4 Å². The molecule has 0 atom stereocenters. The van der Waals surface area contributed by atoms with Gasteiger partial charge >= 0.3 is 5.63 Å². The van der Waals surface area contributed by atoms with Crippen molar-refractivity contribution in [3.05, 3.63) is 70.6 Å². The Morgan fingerprint density at radius 3 is 2.33 bits per heavy atom. The Kier molecular flexibility index (Phi) is 3.92. The molecule has 4 fully saturated rings. The van der Waals surface area contributed by atoms with Gasteiger partial charge in [0, 0.05) is 16.5 Å². The van der Waals surface area contributed by atoms with E-state index in [1.807, 2.05) is 48.5 Å². The molecule has 1 heterocycles. The van der Waals surface area contributed by atoms with Crippen molar-refractivity contribution in [3.63, 3.8) is 0 Å². The zero-order valence-corrected chi connectivity index (χ0v) is 16.9. The number of carbonyl (C=O) groups excluding carboxylic acids is 1. The first-order valence-electron chi connectivity index (χ1n) is 11.0. The SMILES string of the molecule is O=C(NC12CC3CC(CC(C3)C1)C2)c1cccc(-c2cc3ccccc3oc2=O)c1. The normalized spacial score (nSPS) is 29.3. The fourth-order valence-corrected chi connectivity index (χ4v) is 6.67. The number of carbonyl (C=O) groups is 1. The third-order valence-corrected chi connectivity index (χ3v) is 7.49. The summed E-state index contributed by atoms with van der Waals surface area (Å²) in [4.78, 5) is 25.7. The maximum Gasteiger partial charge on any atom is 0.344 e. The van der Waals surface area contributed by atoms with Crippen molar-refractivity contribution in [3.8, 4) is 11.1 Å². The zero-order valence-electron chi connectivity index (χ0n) is 16.9. The van der Waals surface area contributed by atoms with Crippen LogP contribution in [0.1, 0.15) is 48.9 Å². The topological polar surface area (TPSA) is 59.3 Å². The third kappa shape index (κ3) is 2.97. The molecule has 2 aromatic carbocycles. The van der Waals surface area contributed by atoms with Crippen LogP contribution in [0.5, 0.6) is 0 Å². The predicted octanol–water partition coefficient (Wildman–Crippen LogP) is 5.16. The van der Waals surface area contributed by atoms with E-state index in [4.69, 9.17) is 4.42 Å². The van der Waals surface area contributed by atoms with Crippen molar-refractivity contribution in [2.24, 2.45) is 17.8 Å². The second-order valence-electron chi connectivity index (χ2n) is 9.72. The van der Waals surface area contributed by atoms with Gasteiger partial charge in [-0.25, -0.2) is 4.79 Å². The predicted molar refractivity (Wildman–Crippen MR) is 116 cm³/mol. The lowest BCUT2D eigenvalue weighted by atomic mass is 9.53. The summed E-state index contributed by atoms with van der Waals surface area (Å²) >= 11 is 0. The molecular weight excluding hydrogens is 374 g/mol. The number of fused-ring (bicyclic) bond motifs is 1. The summed E-state index contributed by atoms with van der Waals surface area (Å²) in [6, 6.07) is 16.7. The van der Waals surface area contributed by atoms with Gasteiger partial charge < -0.3 is 9.73 Å². The van der Waals surface area contributed by atoms with Crippen LogP contribution in [0.2, 0.25) is 0 Å². The lowest BCUT2D eigenvalue weighted by Gasteiger charge is -2.56. The molecule has 0 unspecified atom stereocenters. The van der Waals surface area contributed by atoms with Gasteiger partial charge in [0.1, 0.15) is 5.58 Å². The van der Waals surface area contributed by atoms with Gasteiger partial charge in [0.05, 0.1) is 5.56 Å². The second-order valence-corrected chi connectivity index (χ2v) is 9.72. The Bertz CT molecular complexity index is 1170. The Balaban J connectivity index is 1.31. The first-order chi connectivity index (χ1) is 14.6. The van der Waals surface area contributed by atoms with Crippen LogP contribution >= 0.6 is 0 Å². The van der Waals surface area contributed by atoms with Crippen LogP contribution in [-0.4, -0.2) is 11.4 Å². The molecule has 4 aliphatic rings. The summed E-state index contributed by atoms with van der Waals surface area (Å²) in [5, 5.41) is 4.29. The Morgan fingerprint density at radius 1 is 0.900 bits per heavy atom. The standard InChI is InChI=1S/C26H25NO3/c28-24(27-26-13-16-8-17(14-26)10-18(9-16)15-26)21-6-3-5-19(11-21)22-12-20-4-1-2-7-23(20)30-25(22)29/h1-7,11-12,16-18H,8-10,13-15H2,(H,27,28). The number of hydrogen-bond donors (Lipinski definition) is 1. The lowest BCUT2D eigenvalue weighted by Crippen LogP contribution is -2.59. The van der Waals surface area contributed by atoms with E-state index in [9.17, 15) is 9.59 Å². The number of rotatable bonds is 3. The van der Waals surface area contributed by atoms with Gasteiger partial charge in [0.15, 0.2) is 0 Å². The van der Waals surface area contributed by atoms with Crippen LogP contribution in [0, 0.1) is 17.8 Å². The lowest BCUT2D eigenvalue weighted by molar-refractivity contribution is -0.0167. The molecule has 3 aromatic rings. The Hall–Kier alpha value is -2.88. The minimum atomic E-state index is -0.382. The summed E-state index contributed by atoms with van der Waals surface area (Å²) in [5.41, 5.74) is 1.97. The molecule has 152 valence electrons. The molecule has 4 nitrogen and oxygen atoms in total. The number of nitrogens with one attached hydrogen (secondary N) is 1. The summed E-state index contributed by atoms with van der Waals surface area (Å²) in [7, 11) is 0. The molecular formula is C26H25NO3. The average molecular weight is 399 g/mol. The van der Waals surface area contributed by atoms with Gasteiger partial charge in [-0.05, 0) is 86.1 Å². The summed E-state index contributed by atoms with van der Waals surface area (Å²) < 4.78 is 5.48. The molecule has 1 aromatic heterocycles. The van der Waals surface area contributed by atoms with E-state index in [2.05, 4.69) is 5.32 Å². The van der Waals surface area contributed by atoms with Crippen molar-refractivity contribution in [2.45, 2.75) is 44.1 Å². The van der Waals surface area contributed by atoms with Crippen molar-refractivity contribution >= 4 is 16.9 Å².